The van der Waals surface area contributed by atoms with Gasteiger partial charge in [-0.25, -0.2) is 0 Å². The molecule has 4 nitrogen and oxygen atoms in total. The number of rotatable bonds is 3. The zero-order valence-electron chi connectivity index (χ0n) is 9.10. The van der Waals surface area contributed by atoms with Crippen molar-refractivity contribution in [3.05, 3.63) is 29.8 Å². The monoisotopic (exact) mass is 220 g/mol. The molecule has 1 unspecified atom stereocenters. The molecule has 3 N–H and O–H groups in total. The summed E-state index contributed by atoms with van der Waals surface area (Å²) in [6.07, 6.45) is 2.41. The molecule has 1 saturated heterocycles. The Hall–Kier alpha value is -1.55. The van der Waals surface area contributed by atoms with Gasteiger partial charge in [0.25, 0.3) is 0 Å². The topological polar surface area (TPSA) is 66.6 Å². The number of carboxylic acids is 1. The van der Waals surface area contributed by atoms with Crippen molar-refractivity contribution in [3.8, 4) is 0 Å². The molecule has 1 aliphatic heterocycles. The van der Waals surface area contributed by atoms with Gasteiger partial charge < -0.3 is 15.7 Å². The maximum atomic E-state index is 10.8. The molecule has 0 radical (unpaired) electrons. The SMILES string of the molecule is NC(C(=O)O)c1cccc(N2CCCC2)c1. The molecule has 4 heteroatoms. The number of aliphatic carboxylic acids is 1. The van der Waals surface area contributed by atoms with Gasteiger partial charge in [0.05, 0.1) is 0 Å². The summed E-state index contributed by atoms with van der Waals surface area (Å²) in [6, 6.07) is 6.58. The first-order valence-corrected chi connectivity index (χ1v) is 5.52. The molecule has 1 aromatic carbocycles. The molecule has 1 aromatic rings. The number of benzene rings is 1. The van der Waals surface area contributed by atoms with Crippen LogP contribution in [0.2, 0.25) is 0 Å². The highest BCUT2D eigenvalue weighted by atomic mass is 16.4. The lowest BCUT2D eigenvalue weighted by molar-refractivity contribution is -0.138. The van der Waals surface area contributed by atoms with E-state index in [-0.39, 0.29) is 0 Å². The summed E-state index contributed by atoms with van der Waals surface area (Å²) in [6.45, 7) is 2.09. The first-order chi connectivity index (χ1) is 7.68. The number of anilines is 1. The molecule has 0 aliphatic carbocycles. The Morgan fingerprint density at radius 2 is 2.06 bits per heavy atom. The van der Waals surface area contributed by atoms with E-state index in [4.69, 9.17) is 10.8 Å². The van der Waals surface area contributed by atoms with Crippen molar-refractivity contribution in [1.82, 2.24) is 0 Å². The highest BCUT2D eigenvalue weighted by Crippen LogP contribution is 2.23. The number of hydrogen-bond acceptors (Lipinski definition) is 3. The maximum Gasteiger partial charge on any atom is 0.325 e. The van der Waals surface area contributed by atoms with Gasteiger partial charge in [0, 0.05) is 18.8 Å². The van der Waals surface area contributed by atoms with Crippen molar-refractivity contribution in [2.24, 2.45) is 5.73 Å². The zero-order valence-corrected chi connectivity index (χ0v) is 9.10. The smallest absolute Gasteiger partial charge is 0.325 e. The summed E-state index contributed by atoms with van der Waals surface area (Å²) in [5.41, 5.74) is 7.33. The molecule has 0 spiro atoms. The van der Waals surface area contributed by atoms with Crippen LogP contribution in [-0.4, -0.2) is 24.2 Å². The predicted molar refractivity (Wildman–Crippen MR) is 62.5 cm³/mol. The van der Waals surface area contributed by atoms with Gasteiger partial charge in [0.1, 0.15) is 6.04 Å². The van der Waals surface area contributed by atoms with Crippen LogP contribution in [0.4, 0.5) is 5.69 Å². The lowest BCUT2D eigenvalue weighted by atomic mass is 10.1. The van der Waals surface area contributed by atoms with Gasteiger partial charge in [-0.05, 0) is 30.5 Å². The minimum Gasteiger partial charge on any atom is -0.480 e. The van der Waals surface area contributed by atoms with Gasteiger partial charge in [-0.15, -0.1) is 0 Å². The second kappa shape index (κ2) is 4.53. The molecular formula is C12H16N2O2. The Kier molecular flexibility index (Phi) is 3.10. The van der Waals surface area contributed by atoms with E-state index in [1.165, 1.54) is 12.8 Å². The molecule has 1 atom stereocenters. The fourth-order valence-electron chi connectivity index (χ4n) is 2.03. The fraction of sp³-hybridized carbons (Fsp3) is 0.417. The van der Waals surface area contributed by atoms with Crippen molar-refractivity contribution in [2.45, 2.75) is 18.9 Å². The Labute approximate surface area is 94.7 Å². The van der Waals surface area contributed by atoms with Crippen molar-refractivity contribution in [1.29, 1.82) is 0 Å². The van der Waals surface area contributed by atoms with Crippen molar-refractivity contribution >= 4 is 11.7 Å². The summed E-state index contributed by atoms with van der Waals surface area (Å²) >= 11 is 0. The minimum absolute atomic E-state index is 0.664. The fourth-order valence-corrected chi connectivity index (χ4v) is 2.03. The van der Waals surface area contributed by atoms with Crippen LogP contribution in [0, 0.1) is 0 Å². The first kappa shape index (κ1) is 11.0. The van der Waals surface area contributed by atoms with Crippen LogP contribution in [0.3, 0.4) is 0 Å². The predicted octanol–water partition coefficient (Wildman–Crippen LogP) is 1.37. The average molecular weight is 220 g/mol. The largest absolute Gasteiger partial charge is 0.480 e. The Bertz CT molecular complexity index is 386. The zero-order chi connectivity index (χ0) is 11.5. The van der Waals surface area contributed by atoms with E-state index in [1.54, 1.807) is 6.07 Å². The van der Waals surface area contributed by atoms with Crippen LogP contribution in [0.5, 0.6) is 0 Å². The second-order valence-corrected chi connectivity index (χ2v) is 4.11. The minimum atomic E-state index is -0.987. The van der Waals surface area contributed by atoms with Gasteiger partial charge >= 0.3 is 5.97 Å². The number of nitrogens with two attached hydrogens (primary N) is 1. The van der Waals surface area contributed by atoms with Gasteiger partial charge in [-0.2, -0.15) is 0 Å². The van der Waals surface area contributed by atoms with Crippen LogP contribution >= 0.6 is 0 Å². The number of carbonyl (C=O) groups is 1. The van der Waals surface area contributed by atoms with E-state index in [1.807, 2.05) is 18.2 Å². The molecule has 0 bridgehead atoms. The lowest BCUT2D eigenvalue weighted by Gasteiger charge is -2.19. The van der Waals surface area contributed by atoms with E-state index >= 15 is 0 Å². The molecule has 0 saturated carbocycles. The molecule has 0 amide bonds. The third kappa shape index (κ3) is 2.17. The number of hydrogen-bond donors (Lipinski definition) is 2. The first-order valence-electron chi connectivity index (χ1n) is 5.52. The summed E-state index contributed by atoms with van der Waals surface area (Å²) in [5, 5.41) is 8.85. The Morgan fingerprint density at radius 3 is 2.69 bits per heavy atom. The van der Waals surface area contributed by atoms with Crippen molar-refractivity contribution < 1.29 is 9.90 Å². The molecule has 1 fully saturated rings. The highest BCUT2D eigenvalue weighted by Gasteiger charge is 2.17. The average Bonchev–Trinajstić information content (AvgIpc) is 2.81. The molecular weight excluding hydrogens is 204 g/mol. The van der Waals surface area contributed by atoms with E-state index in [0.717, 1.165) is 18.8 Å². The third-order valence-electron chi connectivity index (χ3n) is 2.97. The highest BCUT2D eigenvalue weighted by molar-refractivity contribution is 5.75. The van der Waals surface area contributed by atoms with Gasteiger partial charge in [0.2, 0.25) is 0 Å². The Balaban J connectivity index is 2.21. The molecule has 0 aromatic heterocycles. The molecule has 2 rings (SSSR count). The summed E-state index contributed by atoms with van der Waals surface area (Å²) in [4.78, 5) is 13.1. The Morgan fingerprint density at radius 1 is 1.38 bits per heavy atom. The maximum absolute atomic E-state index is 10.8. The van der Waals surface area contributed by atoms with E-state index in [2.05, 4.69) is 4.90 Å². The van der Waals surface area contributed by atoms with Crippen LogP contribution in [-0.2, 0) is 4.79 Å². The van der Waals surface area contributed by atoms with Crippen molar-refractivity contribution in [3.63, 3.8) is 0 Å². The van der Waals surface area contributed by atoms with E-state index in [0.29, 0.717) is 5.56 Å². The van der Waals surface area contributed by atoms with Crippen LogP contribution in [0.1, 0.15) is 24.4 Å². The van der Waals surface area contributed by atoms with E-state index in [9.17, 15) is 4.79 Å². The summed E-state index contributed by atoms with van der Waals surface area (Å²) < 4.78 is 0. The van der Waals surface area contributed by atoms with Gasteiger partial charge in [0.15, 0.2) is 0 Å². The summed E-state index contributed by atoms with van der Waals surface area (Å²) in [7, 11) is 0. The van der Waals surface area contributed by atoms with Crippen LogP contribution in [0.15, 0.2) is 24.3 Å². The van der Waals surface area contributed by atoms with Crippen molar-refractivity contribution in [2.75, 3.05) is 18.0 Å². The number of nitrogens with zero attached hydrogens (tertiary/aromatic N) is 1. The molecule has 16 heavy (non-hydrogen) atoms. The van der Waals surface area contributed by atoms with Gasteiger partial charge in [-0.3, -0.25) is 4.79 Å². The number of carboxylic acid groups (broad SMARTS) is 1. The normalized spacial score (nSPS) is 17.4. The summed E-state index contributed by atoms with van der Waals surface area (Å²) in [5.74, 6) is -0.987. The molecule has 1 aliphatic rings. The quantitative estimate of drug-likeness (QED) is 0.807. The lowest BCUT2D eigenvalue weighted by Crippen LogP contribution is -2.22. The van der Waals surface area contributed by atoms with Gasteiger partial charge in [-0.1, -0.05) is 12.1 Å². The van der Waals surface area contributed by atoms with Crippen LogP contribution < -0.4 is 10.6 Å². The van der Waals surface area contributed by atoms with Crippen LogP contribution in [0.25, 0.3) is 0 Å². The molecule has 1 heterocycles. The molecule has 86 valence electrons. The third-order valence-corrected chi connectivity index (χ3v) is 2.97. The van der Waals surface area contributed by atoms with E-state index < -0.39 is 12.0 Å². The standard InChI is InChI=1S/C12H16N2O2/c13-11(12(15)16)9-4-3-5-10(8-9)14-6-1-2-7-14/h3-5,8,11H,1-2,6-7,13H2,(H,15,16). The second-order valence-electron chi connectivity index (χ2n) is 4.11.